The summed E-state index contributed by atoms with van der Waals surface area (Å²) in [4.78, 5) is 25.7. The molecule has 3 atom stereocenters. The van der Waals surface area contributed by atoms with E-state index in [2.05, 4.69) is 0 Å². The van der Waals surface area contributed by atoms with E-state index in [9.17, 15) is 33.0 Å². The van der Waals surface area contributed by atoms with Crippen molar-refractivity contribution >= 4 is 11.8 Å². The van der Waals surface area contributed by atoms with Gasteiger partial charge in [0.05, 0.1) is 18.1 Å². The number of amides is 2. The Bertz CT molecular complexity index is 1180. The second-order valence-corrected chi connectivity index (χ2v) is 10.3. The van der Waals surface area contributed by atoms with Crippen molar-refractivity contribution in [2.45, 2.75) is 63.3 Å². The lowest BCUT2D eigenvalue weighted by Crippen LogP contribution is -2.49. The Morgan fingerprint density at radius 2 is 1.93 bits per heavy atom. The van der Waals surface area contributed by atoms with E-state index in [1.807, 2.05) is 24.4 Å². The lowest BCUT2D eigenvalue weighted by Gasteiger charge is -2.44. The van der Waals surface area contributed by atoms with Gasteiger partial charge in [0.2, 0.25) is 5.91 Å². The molecule has 11 heteroatoms. The monoisotopic (exact) mass is 567 g/mol. The van der Waals surface area contributed by atoms with Gasteiger partial charge in [0.1, 0.15) is 5.82 Å². The highest BCUT2D eigenvalue weighted by Gasteiger charge is 2.43. The third kappa shape index (κ3) is 7.58. The molecule has 40 heavy (non-hydrogen) atoms. The number of carbonyl (C=O) groups is 2. The summed E-state index contributed by atoms with van der Waals surface area (Å²) in [6.07, 6.45) is -4.64. The van der Waals surface area contributed by atoms with E-state index in [1.54, 1.807) is 18.2 Å². The van der Waals surface area contributed by atoms with Gasteiger partial charge in [-0.1, -0.05) is 43.3 Å². The van der Waals surface area contributed by atoms with E-state index < -0.39 is 35.5 Å². The first-order valence-electron chi connectivity index (χ1n) is 13.5. The minimum absolute atomic E-state index is 0.0282. The summed E-state index contributed by atoms with van der Waals surface area (Å²) >= 11 is 0. The van der Waals surface area contributed by atoms with Gasteiger partial charge in [-0.05, 0) is 54.9 Å². The van der Waals surface area contributed by atoms with Crippen molar-refractivity contribution in [2.75, 3.05) is 26.2 Å². The number of aliphatic hydroxyl groups excluding tert-OH is 1. The van der Waals surface area contributed by atoms with Crippen LogP contribution in [0.1, 0.15) is 50.2 Å². The molecule has 220 valence electrons. The highest BCUT2D eigenvalue weighted by Crippen LogP contribution is 2.44. The van der Waals surface area contributed by atoms with Crippen molar-refractivity contribution in [1.82, 2.24) is 10.2 Å². The fourth-order valence-corrected chi connectivity index (χ4v) is 5.35. The molecule has 1 unspecified atom stereocenters. The average Bonchev–Trinajstić information content (AvgIpc) is 2.94. The number of aryl methyl sites for hydroxylation is 1. The maximum Gasteiger partial charge on any atom is 0.471 e. The molecule has 0 aromatic heterocycles. The Kier molecular flexibility index (Phi) is 10.7. The Morgan fingerprint density at radius 3 is 2.60 bits per heavy atom. The number of nitrogens with zero attached hydrogens (tertiary/aromatic N) is 1. The molecule has 0 aliphatic carbocycles. The molecule has 5 N–H and O–H groups in total. The molecular weight excluding hydrogens is 530 g/mol. The number of aliphatic hydroxyl groups is 2. The van der Waals surface area contributed by atoms with Crippen LogP contribution in [0.15, 0.2) is 42.5 Å². The number of hydrogen-bond acceptors (Lipinski definition) is 5. The van der Waals surface area contributed by atoms with Crippen molar-refractivity contribution in [1.29, 1.82) is 0 Å². The van der Waals surface area contributed by atoms with Gasteiger partial charge >= 0.3 is 12.1 Å². The molecule has 1 saturated heterocycles. The average molecular weight is 568 g/mol. The summed E-state index contributed by atoms with van der Waals surface area (Å²) in [5.74, 6) is -3.57. The number of nitrogens with two attached hydrogens (primary N) is 1. The first-order chi connectivity index (χ1) is 18.9. The second kappa shape index (κ2) is 13.6. The van der Waals surface area contributed by atoms with Crippen molar-refractivity contribution in [3.63, 3.8) is 0 Å². The molecule has 0 saturated carbocycles. The van der Waals surface area contributed by atoms with Gasteiger partial charge in [-0.25, -0.2) is 4.39 Å². The van der Waals surface area contributed by atoms with Crippen molar-refractivity contribution < 1.29 is 37.4 Å². The van der Waals surface area contributed by atoms with Crippen LogP contribution in [0.5, 0.6) is 0 Å². The minimum atomic E-state index is -5.03. The number of carbonyl (C=O) groups excluding carboxylic acids is 2. The zero-order chi connectivity index (χ0) is 29.5. The standard InChI is InChI=1S/C29H37F4N3O4/c1-2-19-7-3-8-20(15-19)26-23(10-4-11-24(26)30)28(40,12-6-13-35-27(39)29(31,32)33)21-9-5-14-36(18-21)25(38)16-22(37)17-34/h3-4,7-8,10-11,15,21-22,37,40H,2,5-6,9,12-14,16-18,34H2,1H3,(H,35,39)/t21?,22-,28+/m1/s1. The molecule has 1 aliphatic heterocycles. The maximum atomic E-state index is 15.5. The molecule has 3 rings (SSSR count). The van der Waals surface area contributed by atoms with Crippen LogP contribution in [0.4, 0.5) is 17.6 Å². The van der Waals surface area contributed by atoms with Crippen LogP contribution in [0.25, 0.3) is 11.1 Å². The van der Waals surface area contributed by atoms with Crippen LogP contribution >= 0.6 is 0 Å². The summed E-state index contributed by atoms with van der Waals surface area (Å²) in [5, 5.41) is 24.0. The van der Waals surface area contributed by atoms with Crippen LogP contribution in [0, 0.1) is 11.7 Å². The normalized spacial score (nSPS) is 18.2. The van der Waals surface area contributed by atoms with Gasteiger partial charge in [-0.3, -0.25) is 9.59 Å². The Hall–Kier alpha value is -3.02. The van der Waals surface area contributed by atoms with E-state index in [4.69, 9.17) is 5.73 Å². The number of alkyl halides is 3. The highest BCUT2D eigenvalue weighted by molar-refractivity contribution is 5.81. The molecule has 2 aromatic carbocycles. The number of nitrogens with one attached hydrogen (secondary N) is 1. The number of piperidine rings is 1. The quantitative estimate of drug-likeness (QED) is 0.245. The van der Waals surface area contributed by atoms with E-state index >= 15 is 4.39 Å². The zero-order valence-corrected chi connectivity index (χ0v) is 22.5. The third-order valence-corrected chi connectivity index (χ3v) is 7.51. The first kappa shape index (κ1) is 31.5. The van der Waals surface area contributed by atoms with E-state index in [-0.39, 0.29) is 55.9 Å². The molecular formula is C29H37F4N3O4. The van der Waals surface area contributed by atoms with E-state index in [1.165, 1.54) is 17.0 Å². The summed E-state index contributed by atoms with van der Waals surface area (Å²) in [6, 6.07) is 11.6. The number of rotatable bonds is 11. The lowest BCUT2D eigenvalue weighted by atomic mass is 9.72. The van der Waals surface area contributed by atoms with Crippen molar-refractivity contribution in [3.8, 4) is 11.1 Å². The van der Waals surface area contributed by atoms with Gasteiger partial charge in [0.15, 0.2) is 0 Å². The molecule has 2 aromatic rings. The summed E-state index contributed by atoms with van der Waals surface area (Å²) < 4.78 is 53.5. The van der Waals surface area contributed by atoms with Crippen LogP contribution < -0.4 is 11.1 Å². The molecule has 1 heterocycles. The maximum absolute atomic E-state index is 15.5. The molecule has 0 bridgehead atoms. The second-order valence-electron chi connectivity index (χ2n) is 10.3. The van der Waals surface area contributed by atoms with E-state index in [0.29, 0.717) is 31.4 Å². The number of hydrogen-bond donors (Lipinski definition) is 4. The van der Waals surface area contributed by atoms with Gasteiger partial charge in [-0.2, -0.15) is 13.2 Å². The Balaban J connectivity index is 1.99. The number of benzene rings is 2. The zero-order valence-electron chi connectivity index (χ0n) is 22.5. The SMILES string of the molecule is CCc1cccc(-c2c(F)cccc2[C@](O)(CCCNC(=O)C(F)(F)F)C2CCCN(C(=O)C[C@@H](O)CN)C2)c1. The minimum Gasteiger partial charge on any atom is -0.391 e. The Morgan fingerprint density at radius 1 is 1.20 bits per heavy atom. The molecule has 2 amide bonds. The summed E-state index contributed by atoms with van der Waals surface area (Å²) in [6.45, 7) is 2.03. The van der Waals surface area contributed by atoms with E-state index in [0.717, 1.165) is 5.56 Å². The highest BCUT2D eigenvalue weighted by atomic mass is 19.4. The summed E-state index contributed by atoms with van der Waals surface area (Å²) in [5.41, 5.74) is 5.66. The molecule has 7 nitrogen and oxygen atoms in total. The van der Waals surface area contributed by atoms with Gasteiger partial charge < -0.3 is 26.2 Å². The van der Waals surface area contributed by atoms with Crippen LogP contribution in [0.2, 0.25) is 0 Å². The Labute approximate surface area is 231 Å². The van der Waals surface area contributed by atoms with Crippen LogP contribution in [-0.2, 0) is 21.6 Å². The number of halogens is 4. The largest absolute Gasteiger partial charge is 0.471 e. The van der Waals surface area contributed by atoms with Crippen molar-refractivity contribution in [2.24, 2.45) is 11.7 Å². The molecule has 1 fully saturated rings. The van der Waals surface area contributed by atoms with Gasteiger partial charge in [0, 0.05) is 37.7 Å². The topological polar surface area (TPSA) is 116 Å². The van der Waals surface area contributed by atoms with Crippen LogP contribution in [-0.4, -0.2) is 65.4 Å². The predicted octanol–water partition coefficient (Wildman–Crippen LogP) is 3.65. The molecule has 0 radical (unpaired) electrons. The van der Waals surface area contributed by atoms with Crippen molar-refractivity contribution in [3.05, 3.63) is 59.4 Å². The molecule has 1 aliphatic rings. The van der Waals surface area contributed by atoms with Crippen LogP contribution in [0.3, 0.4) is 0 Å². The van der Waals surface area contributed by atoms with Gasteiger partial charge in [-0.15, -0.1) is 0 Å². The smallest absolute Gasteiger partial charge is 0.391 e. The molecule has 0 spiro atoms. The third-order valence-electron chi connectivity index (χ3n) is 7.51. The predicted molar refractivity (Wildman–Crippen MR) is 142 cm³/mol. The number of likely N-dealkylation sites (tertiary alicyclic amines) is 1. The summed E-state index contributed by atoms with van der Waals surface area (Å²) in [7, 11) is 0. The fraction of sp³-hybridized carbons (Fsp3) is 0.517. The van der Waals surface area contributed by atoms with Gasteiger partial charge in [0.25, 0.3) is 0 Å². The fourth-order valence-electron chi connectivity index (χ4n) is 5.35. The first-order valence-corrected chi connectivity index (χ1v) is 13.5. The lowest BCUT2D eigenvalue weighted by molar-refractivity contribution is -0.173.